The van der Waals surface area contributed by atoms with Crippen LogP contribution in [-0.2, 0) is 6.42 Å². The highest BCUT2D eigenvalue weighted by Gasteiger charge is 2.36. The van der Waals surface area contributed by atoms with Crippen molar-refractivity contribution in [3.63, 3.8) is 0 Å². The smallest absolute Gasteiger partial charge is 0.391 e. The predicted molar refractivity (Wildman–Crippen MR) is 89.8 cm³/mol. The minimum absolute atomic E-state index is 0.0338. The van der Waals surface area contributed by atoms with Crippen molar-refractivity contribution in [2.45, 2.75) is 31.3 Å². The van der Waals surface area contributed by atoms with Gasteiger partial charge >= 0.3 is 6.18 Å². The van der Waals surface area contributed by atoms with E-state index in [9.17, 15) is 28.2 Å². The lowest BCUT2D eigenvalue weighted by atomic mass is 9.90. The number of nitrogens with zero attached hydrogens (tertiary/aromatic N) is 1. The molecule has 3 rings (SSSR count). The Labute approximate surface area is 152 Å². The summed E-state index contributed by atoms with van der Waals surface area (Å²) in [6.07, 6.45) is -6.52. The van der Waals surface area contributed by atoms with Crippen molar-refractivity contribution in [3.8, 4) is 22.8 Å². The number of halogens is 3. The summed E-state index contributed by atoms with van der Waals surface area (Å²) in [7, 11) is 2.85. The maximum atomic E-state index is 13.1. The quantitative estimate of drug-likeness (QED) is 0.791. The Morgan fingerprint density at radius 1 is 1.19 bits per heavy atom. The highest BCUT2D eigenvalue weighted by atomic mass is 19.4. The molecule has 27 heavy (non-hydrogen) atoms. The summed E-state index contributed by atoms with van der Waals surface area (Å²) in [5.41, 5.74) is 0.307. The van der Waals surface area contributed by atoms with Crippen molar-refractivity contribution in [1.29, 1.82) is 0 Å². The van der Waals surface area contributed by atoms with Crippen LogP contribution in [0.4, 0.5) is 13.2 Å². The molecule has 0 radical (unpaired) electrons. The number of alkyl halides is 3. The second-order valence-corrected chi connectivity index (χ2v) is 6.30. The number of fused-ring (bicyclic) bond motifs is 3. The normalized spacial score (nSPS) is 16.1. The molecule has 2 N–H and O–H groups in total. The van der Waals surface area contributed by atoms with E-state index < -0.39 is 30.4 Å². The van der Waals surface area contributed by atoms with Crippen molar-refractivity contribution < 1.29 is 32.9 Å². The van der Waals surface area contributed by atoms with Gasteiger partial charge in [-0.25, -0.2) is 0 Å². The molecular formula is C18H18F3NO5. The first-order valence-corrected chi connectivity index (χ1v) is 8.09. The van der Waals surface area contributed by atoms with E-state index in [-0.39, 0.29) is 17.7 Å². The number of rotatable bonds is 4. The van der Waals surface area contributed by atoms with Gasteiger partial charge in [-0.2, -0.15) is 13.2 Å². The van der Waals surface area contributed by atoms with Crippen LogP contribution in [0.1, 0.15) is 29.9 Å². The van der Waals surface area contributed by atoms with E-state index in [4.69, 9.17) is 9.47 Å². The van der Waals surface area contributed by atoms with E-state index in [1.54, 1.807) is 12.1 Å². The molecule has 0 saturated heterocycles. The fraction of sp³-hybridized carbons (Fsp3) is 0.389. The molecule has 1 aromatic carbocycles. The fourth-order valence-corrected chi connectivity index (χ4v) is 3.40. The van der Waals surface area contributed by atoms with Gasteiger partial charge in [0.1, 0.15) is 0 Å². The second kappa shape index (κ2) is 6.90. The molecule has 0 aliphatic carbocycles. The van der Waals surface area contributed by atoms with Gasteiger partial charge in [0, 0.05) is 23.9 Å². The number of hydrogen-bond acceptors (Lipinski definition) is 5. The molecule has 0 amide bonds. The minimum Gasteiger partial charge on any atom is -0.493 e. The van der Waals surface area contributed by atoms with E-state index in [0.29, 0.717) is 22.6 Å². The monoisotopic (exact) mass is 385 g/mol. The zero-order valence-electron chi connectivity index (χ0n) is 14.6. The van der Waals surface area contributed by atoms with Gasteiger partial charge in [0.2, 0.25) is 0 Å². The molecule has 1 aliphatic rings. The van der Waals surface area contributed by atoms with E-state index >= 15 is 0 Å². The standard InChI is InChI=1S/C18H18F3NO5/c1-26-15-4-9-3-10(7-18(19,20)21)22-8-12(17(24)25)14(23)6-13(22)11(9)5-16(15)27-2/h4-6,8,10,17,24-25H,3,7H2,1-2H3. The van der Waals surface area contributed by atoms with E-state index in [0.717, 1.165) is 12.3 Å². The van der Waals surface area contributed by atoms with Crippen LogP contribution in [0.3, 0.4) is 0 Å². The third-order valence-corrected chi connectivity index (χ3v) is 4.59. The molecule has 1 atom stereocenters. The number of aliphatic hydroxyl groups excluding tert-OH is 1. The third kappa shape index (κ3) is 3.65. The van der Waals surface area contributed by atoms with Crippen LogP contribution in [0.15, 0.2) is 29.2 Å². The van der Waals surface area contributed by atoms with Crippen LogP contribution < -0.4 is 14.9 Å². The molecule has 0 saturated carbocycles. The SMILES string of the molecule is COc1cc2c(cc1OC)-c1cc(=O)c(C(O)O)cn1C(CC(F)(F)F)C2. The van der Waals surface area contributed by atoms with Crippen molar-refractivity contribution in [2.24, 2.45) is 0 Å². The largest absolute Gasteiger partial charge is 0.493 e. The highest BCUT2D eigenvalue weighted by molar-refractivity contribution is 5.70. The van der Waals surface area contributed by atoms with E-state index in [1.165, 1.54) is 18.8 Å². The molecule has 1 unspecified atom stereocenters. The summed E-state index contributed by atoms with van der Waals surface area (Å²) < 4.78 is 51.0. The van der Waals surface area contributed by atoms with Crippen LogP contribution >= 0.6 is 0 Å². The minimum atomic E-state index is -4.43. The molecule has 6 nitrogen and oxygen atoms in total. The molecule has 146 valence electrons. The lowest BCUT2D eigenvalue weighted by Crippen LogP contribution is -2.28. The van der Waals surface area contributed by atoms with Crippen molar-refractivity contribution in [1.82, 2.24) is 4.57 Å². The first-order valence-electron chi connectivity index (χ1n) is 8.09. The summed E-state index contributed by atoms with van der Waals surface area (Å²) in [5, 5.41) is 18.7. The predicted octanol–water partition coefficient (Wildman–Crippen LogP) is 2.57. The average molecular weight is 385 g/mol. The summed E-state index contributed by atoms with van der Waals surface area (Å²) in [6.45, 7) is 0. The van der Waals surface area contributed by atoms with Gasteiger partial charge in [0.15, 0.2) is 23.2 Å². The average Bonchev–Trinajstić information content (AvgIpc) is 2.58. The Hall–Kier alpha value is -2.52. The van der Waals surface area contributed by atoms with Gasteiger partial charge in [-0.05, 0) is 24.1 Å². The molecule has 1 aromatic heterocycles. The maximum Gasteiger partial charge on any atom is 0.391 e. The van der Waals surface area contributed by atoms with Gasteiger partial charge in [-0.15, -0.1) is 0 Å². The Kier molecular flexibility index (Phi) is 4.92. The lowest BCUT2D eigenvalue weighted by Gasteiger charge is -2.32. The summed E-state index contributed by atoms with van der Waals surface area (Å²) in [4.78, 5) is 12.2. The van der Waals surface area contributed by atoms with Crippen LogP contribution in [0, 0.1) is 0 Å². The Bertz CT molecular complexity index is 920. The maximum absolute atomic E-state index is 13.1. The molecule has 2 aromatic rings. The highest BCUT2D eigenvalue weighted by Crippen LogP contribution is 2.43. The third-order valence-electron chi connectivity index (χ3n) is 4.59. The van der Waals surface area contributed by atoms with Crippen LogP contribution in [0.25, 0.3) is 11.3 Å². The number of hydrogen-bond donors (Lipinski definition) is 2. The molecular weight excluding hydrogens is 367 g/mol. The van der Waals surface area contributed by atoms with Gasteiger partial charge in [-0.1, -0.05) is 0 Å². The molecule has 0 spiro atoms. The number of aromatic nitrogens is 1. The number of ether oxygens (including phenoxy) is 2. The van der Waals surface area contributed by atoms with Crippen LogP contribution in [0.2, 0.25) is 0 Å². The number of benzene rings is 1. The van der Waals surface area contributed by atoms with Crippen molar-refractivity contribution in [3.05, 3.63) is 45.7 Å². The van der Waals surface area contributed by atoms with E-state index in [1.807, 2.05) is 0 Å². The zero-order chi connectivity index (χ0) is 19.9. The van der Waals surface area contributed by atoms with Crippen molar-refractivity contribution >= 4 is 0 Å². The lowest BCUT2D eigenvalue weighted by molar-refractivity contribution is -0.142. The Morgan fingerprint density at radius 3 is 2.37 bits per heavy atom. The topological polar surface area (TPSA) is 80.9 Å². The summed E-state index contributed by atoms with van der Waals surface area (Å²) in [6, 6.07) is 3.27. The van der Waals surface area contributed by atoms with Gasteiger partial charge in [0.05, 0.1) is 31.9 Å². The first kappa shape index (κ1) is 19.2. The number of methoxy groups -OCH3 is 2. The molecule has 9 heteroatoms. The zero-order valence-corrected chi connectivity index (χ0v) is 14.6. The molecule has 1 aliphatic heterocycles. The number of pyridine rings is 1. The van der Waals surface area contributed by atoms with Crippen LogP contribution in [0.5, 0.6) is 11.5 Å². The van der Waals surface area contributed by atoms with Crippen LogP contribution in [-0.4, -0.2) is 35.2 Å². The van der Waals surface area contributed by atoms with Gasteiger partial charge in [0.25, 0.3) is 0 Å². The fourth-order valence-electron chi connectivity index (χ4n) is 3.40. The molecule has 0 bridgehead atoms. The number of aliphatic hydroxyl groups is 2. The van der Waals surface area contributed by atoms with Crippen molar-refractivity contribution in [2.75, 3.05) is 14.2 Å². The molecule has 2 heterocycles. The van der Waals surface area contributed by atoms with E-state index in [2.05, 4.69) is 0 Å². The Balaban J connectivity index is 2.25. The first-order chi connectivity index (χ1) is 12.6. The molecule has 0 fully saturated rings. The Morgan fingerprint density at radius 2 is 1.81 bits per heavy atom. The van der Waals surface area contributed by atoms with Gasteiger partial charge < -0.3 is 24.3 Å². The van der Waals surface area contributed by atoms with Gasteiger partial charge in [-0.3, -0.25) is 4.79 Å². The summed E-state index contributed by atoms with van der Waals surface area (Å²) >= 11 is 0. The second-order valence-electron chi connectivity index (χ2n) is 6.30. The summed E-state index contributed by atoms with van der Waals surface area (Å²) in [5.74, 6) is 0.746.